The van der Waals surface area contributed by atoms with Crippen molar-refractivity contribution in [2.24, 2.45) is 48.2 Å². The Labute approximate surface area is 556 Å². The molecule has 3 aromatic carbocycles. The van der Waals surface area contributed by atoms with Crippen molar-refractivity contribution in [3.05, 3.63) is 166 Å². The van der Waals surface area contributed by atoms with Crippen molar-refractivity contribution < 1.29 is 9.53 Å². The minimum absolute atomic E-state index is 0.0890. The van der Waals surface area contributed by atoms with Crippen molar-refractivity contribution in [3.63, 3.8) is 0 Å². The van der Waals surface area contributed by atoms with Gasteiger partial charge in [-0.15, -0.1) is 0 Å². The number of likely N-dealkylation sites (N-methyl/N-ethyl adjacent to an activating group) is 1. The van der Waals surface area contributed by atoms with Crippen molar-refractivity contribution in [2.75, 3.05) is 75.4 Å². The maximum Gasteiger partial charge on any atom is 0.220 e. The van der Waals surface area contributed by atoms with E-state index in [2.05, 4.69) is 109 Å². The molecule has 3 atom stereocenters. The summed E-state index contributed by atoms with van der Waals surface area (Å²) >= 11 is 0. The van der Waals surface area contributed by atoms with Crippen LogP contribution < -0.4 is 26.6 Å². The van der Waals surface area contributed by atoms with Crippen LogP contribution in [0.25, 0.3) is 101 Å². The number of benzene rings is 3. The van der Waals surface area contributed by atoms with Crippen molar-refractivity contribution in [3.8, 4) is 101 Å². The number of piperidine rings is 1. The monoisotopic (exact) mass is 1290 g/mol. The molecule has 5 N–H and O–H groups in total. The number of nitrogens with zero attached hydrogens (tertiary/aromatic N) is 19. The molecular formula is C70H78N24O2. The van der Waals surface area contributed by atoms with Crippen LogP contribution in [0.15, 0.2) is 166 Å². The second kappa shape index (κ2) is 29.0. The van der Waals surface area contributed by atoms with Crippen molar-refractivity contribution in [1.82, 2.24) is 104 Å². The Hall–Kier alpha value is -11.1. The predicted molar refractivity (Wildman–Crippen MR) is 370 cm³/mol. The van der Waals surface area contributed by atoms with E-state index in [1.54, 1.807) is 34.3 Å². The molecule has 0 aliphatic carbocycles. The van der Waals surface area contributed by atoms with Gasteiger partial charge in [0.25, 0.3) is 0 Å². The molecule has 2 unspecified atom stereocenters. The van der Waals surface area contributed by atoms with Gasteiger partial charge in [0.15, 0.2) is 17.5 Å². The van der Waals surface area contributed by atoms with E-state index < -0.39 is 0 Å². The summed E-state index contributed by atoms with van der Waals surface area (Å²) in [5.74, 6) is 5.01. The fraction of sp³-hybridized carbons (Fsp3) is 0.300. The first-order chi connectivity index (χ1) is 46.7. The van der Waals surface area contributed by atoms with Crippen molar-refractivity contribution in [1.29, 1.82) is 0 Å². The first kappa shape index (κ1) is 63.7. The summed E-state index contributed by atoms with van der Waals surface area (Å²) in [7, 11) is 13.6. The van der Waals surface area contributed by atoms with E-state index in [9.17, 15) is 4.79 Å². The summed E-state index contributed by atoms with van der Waals surface area (Å²) in [5.41, 5.74) is 14.7. The normalized spacial score (nSPS) is 16.3. The largest absolute Gasteiger partial charge is 0.374 e. The van der Waals surface area contributed by atoms with Gasteiger partial charge in [-0.1, -0.05) is 54.6 Å². The van der Waals surface area contributed by atoms with Gasteiger partial charge in [0.05, 0.1) is 55.0 Å². The average molecular weight is 1290 g/mol. The quantitative estimate of drug-likeness (QED) is 0.0573. The molecular weight excluding hydrogens is 1210 g/mol. The standard InChI is InChI=1S/C24H28N8O.C23H24N8O.C23H26N8/c1-30-7-8-33-21(16-30)12-25-24-22(20-11-28-32(3)15-20)13-26-23(29-24)18-6-4-5-17(9-18)19-10-27-31(2)14-19;1-30-13-17(9-26-30)15-4-3-5-16(8-15)22-25-12-20(18-10-27-31(2)14-18)23(29-22)28-19-6-7-21(32)24-11-19;1-30-9-7-21(29-30)20-14-26-22(28-23(20)25-12-16-6-8-24-11-16)18-5-3-4-17(10-18)19-13-27-31(2)15-19/h4-6,9-11,13-15,21H,7-8,12,16H2,1-3H3,(H,25,26,29);3-5,8-10,12-14,19H,6-7,11H2,1-2H3,(H,24,32)(H,25,28,29);3-5,7,9-10,13-16,24H,6,8,11-12H2,1-2H3,(H,25,26,28)/t;;16-/m..0/s1. The van der Waals surface area contributed by atoms with Gasteiger partial charge in [-0.25, -0.2) is 29.9 Å². The predicted octanol–water partition coefficient (Wildman–Crippen LogP) is 8.29. The highest BCUT2D eigenvalue weighted by Gasteiger charge is 2.24. The molecule has 12 heterocycles. The summed E-state index contributed by atoms with van der Waals surface area (Å²) in [4.78, 5) is 42.6. The van der Waals surface area contributed by atoms with Crippen molar-refractivity contribution in [2.45, 2.75) is 31.4 Å². The number of hydrogen-bond acceptors (Lipinski definition) is 19. The van der Waals surface area contributed by atoms with Gasteiger partial charge < -0.3 is 36.2 Å². The van der Waals surface area contributed by atoms with E-state index >= 15 is 0 Å². The third kappa shape index (κ3) is 15.6. The molecule has 12 aromatic rings. The number of nitrogens with one attached hydrogen (secondary N) is 5. The first-order valence-electron chi connectivity index (χ1n) is 32.1. The van der Waals surface area contributed by atoms with Gasteiger partial charge in [0.1, 0.15) is 17.5 Å². The maximum atomic E-state index is 11.6. The zero-order chi connectivity index (χ0) is 66.1. The van der Waals surface area contributed by atoms with Crippen LogP contribution in [0.4, 0.5) is 17.5 Å². The minimum Gasteiger partial charge on any atom is -0.374 e. The van der Waals surface area contributed by atoms with Crippen LogP contribution in [-0.4, -0.2) is 171 Å². The van der Waals surface area contributed by atoms with Gasteiger partial charge in [-0.05, 0) is 79.9 Å². The molecule has 26 nitrogen and oxygen atoms in total. The summed E-state index contributed by atoms with van der Waals surface area (Å²) in [5, 5.41) is 42.9. The fourth-order valence-corrected chi connectivity index (χ4v) is 11.8. The molecule has 0 saturated carbocycles. The van der Waals surface area contributed by atoms with Gasteiger partial charge in [0.2, 0.25) is 5.91 Å². The van der Waals surface area contributed by atoms with Crippen LogP contribution in [0.3, 0.4) is 0 Å². The Kier molecular flexibility index (Phi) is 19.3. The first-order valence-corrected chi connectivity index (χ1v) is 32.1. The highest BCUT2D eigenvalue weighted by Crippen LogP contribution is 2.34. The third-order valence-electron chi connectivity index (χ3n) is 17.0. The van der Waals surface area contributed by atoms with Gasteiger partial charge in [-0.3, -0.25) is 32.9 Å². The minimum atomic E-state index is 0.0890. The third-order valence-corrected chi connectivity index (χ3v) is 17.0. The highest BCUT2D eigenvalue weighted by atomic mass is 16.5. The molecule has 3 saturated heterocycles. The van der Waals surface area contributed by atoms with Crippen LogP contribution in [0, 0.1) is 5.92 Å². The number of hydrogen-bond donors (Lipinski definition) is 5. The molecule has 3 aliphatic rings. The number of morpholine rings is 1. The highest BCUT2D eigenvalue weighted by molar-refractivity contribution is 5.81. The number of carbonyl (C=O) groups is 1. The number of amides is 1. The molecule has 490 valence electrons. The lowest BCUT2D eigenvalue weighted by molar-refractivity contribution is -0.122. The molecule has 96 heavy (non-hydrogen) atoms. The van der Waals surface area contributed by atoms with Gasteiger partial charge in [0, 0.05) is 199 Å². The second-order valence-electron chi connectivity index (χ2n) is 24.6. The summed E-state index contributed by atoms with van der Waals surface area (Å²) in [6, 6.07) is 26.7. The number of aryl methyl sites for hydroxylation is 6. The molecule has 15 rings (SSSR count). The number of rotatable bonds is 17. The van der Waals surface area contributed by atoms with E-state index in [0.29, 0.717) is 42.9 Å². The Morgan fingerprint density at radius 2 is 0.969 bits per heavy atom. The summed E-state index contributed by atoms with van der Waals surface area (Å²) < 4.78 is 16.7. The van der Waals surface area contributed by atoms with Gasteiger partial charge in [-0.2, -0.15) is 30.6 Å². The van der Waals surface area contributed by atoms with E-state index in [0.717, 1.165) is 147 Å². The molecule has 0 radical (unpaired) electrons. The topological polar surface area (TPSA) is 274 Å². The Bertz CT molecular complexity index is 4610. The summed E-state index contributed by atoms with van der Waals surface area (Å²) in [6.45, 7) is 6.83. The zero-order valence-corrected chi connectivity index (χ0v) is 54.9. The van der Waals surface area contributed by atoms with E-state index in [4.69, 9.17) is 24.7 Å². The van der Waals surface area contributed by atoms with E-state index in [1.807, 2.05) is 171 Å². The fourth-order valence-electron chi connectivity index (χ4n) is 11.8. The molecule has 1 amide bonds. The van der Waals surface area contributed by atoms with E-state index in [1.165, 1.54) is 6.42 Å². The molecule has 0 spiro atoms. The van der Waals surface area contributed by atoms with E-state index in [-0.39, 0.29) is 18.1 Å². The molecule has 0 bridgehead atoms. The second-order valence-corrected chi connectivity index (χ2v) is 24.6. The lowest BCUT2D eigenvalue weighted by Crippen LogP contribution is -2.43. The lowest BCUT2D eigenvalue weighted by Gasteiger charge is -2.30. The van der Waals surface area contributed by atoms with Gasteiger partial charge >= 0.3 is 0 Å². The molecule has 26 heteroatoms. The maximum absolute atomic E-state index is 11.6. The Morgan fingerprint density at radius 1 is 0.500 bits per heavy atom. The molecule has 9 aromatic heterocycles. The Morgan fingerprint density at radius 3 is 1.42 bits per heavy atom. The smallest absolute Gasteiger partial charge is 0.220 e. The average Bonchev–Trinajstić information content (AvgIpc) is 1.91. The zero-order valence-electron chi connectivity index (χ0n) is 54.9. The van der Waals surface area contributed by atoms with Crippen molar-refractivity contribution >= 4 is 23.4 Å². The number of carbonyl (C=O) groups excluding carboxylic acids is 1. The van der Waals surface area contributed by atoms with Crippen LogP contribution in [-0.2, 0) is 51.8 Å². The SMILES string of the molecule is CN1CCOC(CNc2nc(-c3cccc(-c4cnn(C)c4)c3)ncc2-c2cnn(C)c2)C1.Cn1cc(-c2cccc(-c3ncc(-c4ccn(C)n4)c(NC[C@H]4CCNC4)n3)c2)cn1.Cn1cc(-c2cccc(-c3ncc(-c4cnn(C)c4)c(NC4CCC(=O)NC4)n3)c2)cn1. The Balaban J connectivity index is 0.000000130. The summed E-state index contributed by atoms with van der Waals surface area (Å²) in [6.07, 6.45) is 29.2. The van der Waals surface area contributed by atoms with Crippen LogP contribution in [0.5, 0.6) is 0 Å². The lowest BCUT2D eigenvalue weighted by atomic mass is 10.0. The van der Waals surface area contributed by atoms with Crippen LogP contribution in [0.1, 0.15) is 19.3 Å². The van der Waals surface area contributed by atoms with Crippen LogP contribution in [0.2, 0.25) is 0 Å². The number of anilines is 3. The van der Waals surface area contributed by atoms with Crippen LogP contribution >= 0.6 is 0 Å². The molecule has 3 aliphatic heterocycles. The number of aromatic nitrogens is 18. The number of ether oxygens (including phenoxy) is 1. The molecule has 3 fully saturated rings.